The van der Waals surface area contributed by atoms with Gasteiger partial charge in [0.2, 0.25) is 0 Å². The second-order valence-corrected chi connectivity index (χ2v) is 12.9. The predicted molar refractivity (Wildman–Crippen MR) is 339 cm³/mol. The minimum atomic E-state index is 0. The van der Waals surface area contributed by atoms with Crippen molar-refractivity contribution in [2.24, 2.45) is 0 Å². The molecule has 0 saturated carbocycles. The van der Waals surface area contributed by atoms with Crippen LogP contribution in [0.25, 0.3) is 0 Å². The van der Waals surface area contributed by atoms with E-state index >= 15 is 0 Å². The Kier molecular flexibility index (Phi) is 114. The van der Waals surface area contributed by atoms with Crippen LogP contribution in [0.4, 0.5) is 0 Å². The van der Waals surface area contributed by atoms with Crippen LogP contribution in [-0.4, -0.2) is 0 Å². The van der Waals surface area contributed by atoms with Crippen molar-refractivity contribution in [2.75, 3.05) is 0 Å². The van der Waals surface area contributed by atoms with Crippen molar-refractivity contribution in [1.29, 1.82) is 0 Å². The molecule has 0 N–H and O–H groups in total. The number of rotatable bonds is 0. The Morgan fingerprint density at radius 3 is 0.167 bits per heavy atom. The first-order valence-corrected chi connectivity index (χ1v) is 25.4. The summed E-state index contributed by atoms with van der Waals surface area (Å²) in [6.07, 6.45) is 0. The van der Waals surface area contributed by atoms with Crippen LogP contribution in [0.15, 0.2) is 364 Å². The molecule has 0 spiro atoms. The monoisotopic (exact) mass is 1540 g/mol. The Morgan fingerprint density at radius 1 is 0.107 bits per heavy atom. The topological polar surface area (TPSA) is 68.3 Å². The summed E-state index contributed by atoms with van der Waals surface area (Å²) >= 11 is 0. The van der Waals surface area contributed by atoms with Crippen molar-refractivity contribution < 1.29 is 100.0 Å². The summed E-state index contributed by atoms with van der Waals surface area (Å²) in [5, 5.41) is 0. The van der Waals surface area contributed by atoms with Gasteiger partial charge in [0, 0.05) is 81.7 Å². The molecule has 0 heterocycles. The molecule has 0 unspecified atom stereocenters. The summed E-state index contributed by atoms with van der Waals surface area (Å²) in [5.41, 5.74) is 0. The van der Waals surface area contributed by atoms with Crippen molar-refractivity contribution in [3.05, 3.63) is 437 Å². The van der Waals surface area contributed by atoms with Crippen molar-refractivity contribution in [1.82, 2.24) is 0 Å². The second kappa shape index (κ2) is 102. The van der Waals surface area contributed by atoms with E-state index in [4.69, 9.17) is 18.3 Å². The minimum Gasteiger partial charge on any atom is -0.279 e. The third-order valence-corrected chi connectivity index (χ3v) is 7.29. The first kappa shape index (κ1) is 94.1. The van der Waals surface area contributed by atoms with Gasteiger partial charge in [0.05, 0.1) is 0 Å². The van der Waals surface area contributed by atoms with Gasteiger partial charge in [-0.2, -0.15) is 437 Å². The summed E-state index contributed by atoms with van der Waals surface area (Å²) in [6.45, 7) is 0. The first-order valence-electron chi connectivity index (χ1n) is 23.7. The average molecular weight is 1540 g/mol. The van der Waals surface area contributed by atoms with Crippen LogP contribution < -0.4 is 0 Å². The van der Waals surface area contributed by atoms with Crippen molar-refractivity contribution in [2.45, 2.75) is 0 Å². The molecule has 0 aliphatic rings. The molecule has 84 heavy (non-hydrogen) atoms. The maximum Gasteiger partial charge on any atom is 0.138 e. The summed E-state index contributed by atoms with van der Waals surface area (Å²) in [4.78, 5) is 0. The maximum absolute atomic E-state index is 8.06. The van der Waals surface area contributed by atoms with Crippen molar-refractivity contribution in [3.8, 4) is 0 Å². The molecule has 0 radical (unpaired) electrons. The fourth-order valence-electron chi connectivity index (χ4n) is 4.10. The van der Waals surface area contributed by atoms with E-state index in [0.29, 0.717) is 0 Å². The first-order chi connectivity index (χ1) is 40.0. The van der Waals surface area contributed by atoms with Crippen LogP contribution in [0.2, 0.25) is 0 Å². The molecular weight excluding hydrogens is 1480 g/mol. The Bertz CT molecular complexity index is 1670. The summed E-state index contributed by atoms with van der Waals surface area (Å²) in [5.74, 6) is 0. The van der Waals surface area contributed by atoms with Crippen LogP contribution in [-0.2, 0) is 100.0 Å². The molecule has 0 aliphatic carbocycles. The Hall–Kier alpha value is -6.31. The van der Waals surface area contributed by atoms with Crippen molar-refractivity contribution in [3.63, 3.8) is 0 Å². The van der Waals surface area contributed by atoms with E-state index in [9.17, 15) is 0 Å². The van der Waals surface area contributed by atoms with Gasteiger partial charge >= 0.3 is 0 Å². The molecule has 0 bridgehead atoms. The molecule has 0 aromatic heterocycles. The van der Waals surface area contributed by atoms with Gasteiger partial charge in [0.25, 0.3) is 0 Å². The van der Waals surface area contributed by atoms with E-state index < -0.39 is 0 Å². The zero-order valence-corrected chi connectivity index (χ0v) is 55.8. The van der Waals surface area contributed by atoms with Crippen LogP contribution in [0.3, 0.4) is 0 Å². The van der Waals surface area contributed by atoms with Crippen LogP contribution in [0, 0.1) is 72.8 Å². The third kappa shape index (κ3) is 97.9. The zero-order chi connectivity index (χ0) is 58.9. The maximum atomic E-state index is 8.06. The Balaban J connectivity index is -0.000000123. The van der Waals surface area contributed by atoms with E-state index in [1.54, 1.807) is 36.5 Å². The van der Waals surface area contributed by atoms with Gasteiger partial charge < -0.3 is 0 Å². The Morgan fingerprint density at radius 2 is 0.155 bits per heavy atom. The minimum absolute atomic E-state index is 0. The largest absolute Gasteiger partial charge is 0.279 e. The van der Waals surface area contributed by atoms with Gasteiger partial charge in [-0.3, -0.25) is 18.3 Å². The number of hydrogen-bond donors (Lipinski definition) is 0. The van der Waals surface area contributed by atoms with Crippen LogP contribution >= 0.6 is 36.5 Å². The second-order valence-electron chi connectivity index (χ2n) is 12.9. The summed E-state index contributed by atoms with van der Waals surface area (Å²) in [7, 11) is 6.89. The van der Waals surface area contributed by atoms with E-state index in [1.807, 2.05) is 364 Å². The van der Waals surface area contributed by atoms with Crippen LogP contribution in [0.1, 0.15) is 0 Å². The van der Waals surface area contributed by atoms with Gasteiger partial charge in [0.1, 0.15) is 36.5 Å². The summed E-state index contributed by atoms with van der Waals surface area (Å²) in [6, 6.07) is 150. The predicted octanol–water partition coefficient (Wildman–Crippen LogP) is 19.7. The summed E-state index contributed by atoms with van der Waals surface area (Å²) < 4.78 is 32.2. The van der Waals surface area contributed by atoms with Gasteiger partial charge in [-0.1, -0.05) is 0 Å². The standard InChI is InChI=1S/12C6H5.4HOP.4Pd/c12*1-2-4-6-5-3-1;4*1-2;;;;/h12*1-5H;4*2H;;;;/q12*-1;;;;;;;;. The van der Waals surface area contributed by atoms with Gasteiger partial charge in [0.15, 0.2) is 0 Å². The zero-order valence-electron chi connectivity index (χ0n) is 45.5. The molecule has 12 aromatic rings. The molecular formula is C72H64O4P4Pd4-12. The number of benzene rings is 12. The Labute approximate surface area is 567 Å². The molecule has 0 saturated heterocycles. The van der Waals surface area contributed by atoms with E-state index in [2.05, 4.69) is 72.8 Å². The molecule has 12 aromatic carbocycles. The average Bonchev–Trinajstić information content (AvgIpc) is 3.63. The van der Waals surface area contributed by atoms with Crippen LogP contribution in [0.5, 0.6) is 0 Å². The molecule has 0 fully saturated rings. The van der Waals surface area contributed by atoms with Gasteiger partial charge in [-0.05, 0) is 0 Å². The van der Waals surface area contributed by atoms with Gasteiger partial charge in [-0.25, -0.2) is 0 Å². The molecule has 0 aliphatic heterocycles. The normalized spacial score (nSPS) is 7.05. The number of hydrogen-bond acceptors (Lipinski definition) is 4. The fraction of sp³-hybridized carbons (Fsp3) is 0. The van der Waals surface area contributed by atoms with E-state index in [-0.39, 0.29) is 81.7 Å². The van der Waals surface area contributed by atoms with E-state index in [0.717, 1.165) is 0 Å². The van der Waals surface area contributed by atoms with E-state index in [1.165, 1.54) is 0 Å². The SMILES string of the molecule is O=P.O=P.O=P.O=P.[Pd].[Pd].[Pd].[Pd].[c-]1ccccc1.[c-]1ccccc1.[c-]1ccccc1.[c-]1ccccc1.[c-]1ccccc1.[c-]1ccccc1.[c-]1ccccc1.[c-]1ccccc1.[c-]1ccccc1.[c-]1ccccc1.[c-]1ccccc1.[c-]1ccccc1. The molecule has 4 nitrogen and oxygen atoms in total. The third-order valence-electron chi connectivity index (χ3n) is 7.29. The molecule has 12 heteroatoms. The van der Waals surface area contributed by atoms with Gasteiger partial charge in [-0.15, -0.1) is 0 Å². The quantitative estimate of drug-likeness (QED) is 0.0862. The molecule has 0 amide bonds. The molecule has 448 valence electrons. The smallest absolute Gasteiger partial charge is 0.138 e. The molecule has 0 atom stereocenters. The van der Waals surface area contributed by atoms with Crippen molar-refractivity contribution >= 4 is 36.5 Å². The molecule has 12 rings (SSSR count). The fourth-order valence-corrected chi connectivity index (χ4v) is 4.10.